The van der Waals surface area contributed by atoms with Crippen molar-refractivity contribution < 1.29 is 18.7 Å². The van der Waals surface area contributed by atoms with Gasteiger partial charge in [-0.2, -0.15) is 0 Å². The van der Waals surface area contributed by atoms with Crippen molar-refractivity contribution in [2.45, 2.75) is 99.9 Å². The summed E-state index contributed by atoms with van der Waals surface area (Å²) in [6.45, 7) is 22.2. The number of hydrogen-bond donors (Lipinski definition) is 1. The third-order valence-electron chi connectivity index (χ3n) is 6.85. The van der Waals surface area contributed by atoms with Gasteiger partial charge >= 0.3 is 5.97 Å². The number of nitrogens with one attached hydrogen (secondary N) is 1. The molecule has 39 heavy (non-hydrogen) atoms. The van der Waals surface area contributed by atoms with Gasteiger partial charge in [-0.15, -0.1) is 0 Å². The lowest BCUT2D eigenvalue weighted by Gasteiger charge is -2.41. The summed E-state index contributed by atoms with van der Waals surface area (Å²) in [7, 11) is 0. The molecule has 0 aliphatic carbocycles. The topological polar surface area (TPSA) is 76.6 Å². The van der Waals surface area contributed by atoms with Gasteiger partial charge in [0.1, 0.15) is 0 Å². The SMILES string of the molecule is Cc1ncc(-c2cnc(NCC(C)C)c(F)c2)c(N2CCC(C)(C)CC2)c1[C@H](OC(C)(C)C)C(=O)OC(C)C. The van der Waals surface area contributed by atoms with E-state index in [1.807, 2.05) is 41.5 Å². The second-order valence-electron chi connectivity index (χ2n) is 13.1. The zero-order chi connectivity index (χ0) is 29.1. The predicted molar refractivity (Wildman–Crippen MR) is 156 cm³/mol. The van der Waals surface area contributed by atoms with E-state index in [4.69, 9.17) is 9.47 Å². The maximum absolute atomic E-state index is 15.2. The quantitative estimate of drug-likeness (QED) is 0.339. The highest BCUT2D eigenvalue weighted by Crippen LogP contribution is 2.44. The van der Waals surface area contributed by atoms with E-state index in [1.54, 1.807) is 12.4 Å². The first-order valence-electron chi connectivity index (χ1n) is 14.1. The number of carbonyl (C=O) groups is 1. The fraction of sp³-hybridized carbons (Fsp3) is 0.645. The molecule has 0 bridgehead atoms. The molecule has 1 N–H and O–H groups in total. The zero-order valence-electron chi connectivity index (χ0n) is 25.4. The van der Waals surface area contributed by atoms with Crippen LogP contribution in [0.15, 0.2) is 18.5 Å². The van der Waals surface area contributed by atoms with Crippen molar-refractivity contribution in [1.82, 2.24) is 9.97 Å². The Morgan fingerprint density at radius 1 is 1.13 bits per heavy atom. The Labute approximate surface area is 233 Å². The highest BCUT2D eigenvalue weighted by molar-refractivity contribution is 5.87. The van der Waals surface area contributed by atoms with Gasteiger partial charge in [0, 0.05) is 54.4 Å². The summed E-state index contributed by atoms with van der Waals surface area (Å²) in [4.78, 5) is 24.9. The molecule has 7 nitrogen and oxygen atoms in total. The Morgan fingerprint density at radius 2 is 1.77 bits per heavy atom. The molecule has 1 aliphatic heterocycles. The van der Waals surface area contributed by atoms with Crippen molar-refractivity contribution in [1.29, 1.82) is 0 Å². The number of pyridine rings is 2. The van der Waals surface area contributed by atoms with Gasteiger partial charge in [-0.25, -0.2) is 14.2 Å². The van der Waals surface area contributed by atoms with Gasteiger partial charge in [0.2, 0.25) is 0 Å². The van der Waals surface area contributed by atoms with E-state index in [0.29, 0.717) is 29.3 Å². The highest BCUT2D eigenvalue weighted by Gasteiger charge is 2.37. The number of nitrogens with zero attached hydrogens (tertiary/aromatic N) is 3. The fourth-order valence-electron chi connectivity index (χ4n) is 4.70. The zero-order valence-corrected chi connectivity index (χ0v) is 25.4. The molecule has 1 fully saturated rings. The summed E-state index contributed by atoms with van der Waals surface area (Å²) in [6.07, 6.45) is 4.11. The molecule has 0 amide bonds. The minimum Gasteiger partial charge on any atom is -0.461 e. The number of halogens is 1. The number of piperidine rings is 1. The lowest BCUT2D eigenvalue weighted by atomic mass is 9.82. The van der Waals surface area contributed by atoms with E-state index in [1.165, 1.54) is 6.07 Å². The van der Waals surface area contributed by atoms with Crippen molar-refractivity contribution in [3.8, 4) is 11.1 Å². The largest absolute Gasteiger partial charge is 0.461 e. The van der Waals surface area contributed by atoms with E-state index in [0.717, 1.165) is 37.2 Å². The van der Waals surface area contributed by atoms with Crippen molar-refractivity contribution in [3.63, 3.8) is 0 Å². The number of aryl methyl sites for hydroxylation is 1. The number of ether oxygens (including phenoxy) is 2. The maximum Gasteiger partial charge on any atom is 0.340 e. The molecule has 3 rings (SSSR count). The molecular formula is C31H47FN4O3. The minimum atomic E-state index is -0.991. The van der Waals surface area contributed by atoms with E-state index in [9.17, 15) is 4.79 Å². The predicted octanol–water partition coefficient (Wildman–Crippen LogP) is 7.09. The Bertz CT molecular complexity index is 1150. The van der Waals surface area contributed by atoms with Crippen LogP contribution in [0.4, 0.5) is 15.9 Å². The summed E-state index contributed by atoms with van der Waals surface area (Å²) in [5.41, 5.74) is 3.08. The Morgan fingerprint density at radius 3 is 2.31 bits per heavy atom. The van der Waals surface area contributed by atoms with Crippen LogP contribution in [0.2, 0.25) is 0 Å². The highest BCUT2D eigenvalue weighted by atomic mass is 19.1. The molecule has 1 aliphatic rings. The van der Waals surface area contributed by atoms with Gasteiger partial charge in [-0.3, -0.25) is 4.98 Å². The molecule has 3 heterocycles. The molecule has 1 atom stereocenters. The first-order valence-corrected chi connectivity index (χ1v) is 14.1. The second kappa shape index (κ2) is 12.2. The van der Waals surface area contributed by atoms with Crippen LogP contribution in [-0.4, -0.2) is 47.3 Å². The van der Waals surface area contributed by atoms with E-state index >= 15 is 4.39 Å². The number of rotatable bonds is 9. The van der Waals surface area contributed by atoms with Crippen LogP contribution in [0.1, 0.15) is 92.5 Å². The molecular weight excluding hydrogens is 495 g/mol. The Hall–Kier alpha value is -2.74. The summed E-state index contributed by atoms with van der Waals surface area (Å²) >= 11 is 0. The smallest absolute Gasteiger partial charge is 0.340 e. The standard InChI is InChI=1S/C31H47FN4O3/c1-19(2)16-34-28-24(32)15-22(17-35-28)23-18-33-21(5)25(26(23)36-13-11-31(9,10)12-14-36)27(39-30(6,7)8)29(37)38-20(3)4/h15,17-20,27H,11-14,16H2,1-10H3,(H,34,35)/t27-/m0/s1. The Balaban J connectivity index is 2.21. The average molecular weight is 543 g/mol. The van der Waals surface area contributed by atoms with Gasteiger partial charge in [-0.1, -0.05) is 27.7 Å². The van der Waals surface area contributed by atoms with Crippen molar-refractivity contribution >= 4 is 17.5 Å². The fourth-order valence-corrected chi connectivity index (χ4v) is 4.70. The van der Waals surface area contributed by atoms with Gasteiger partial charge in [-0.05, 0) is 71.8 Å². The molecule has 1 saturated heterocycles. The average Bonchev–Trinajstić information content (AvgIpc) is 2.81. The molecule has 216 valence electrons. The molecule has 0 unspecified atom stereocenters. The number of anilines is 2. The van der Waals surface area contributed by atoms with Crippen LogP contribution in [0, 0.1) is 24.1 Å². The Kier molecular flexibility index (Phi) is 9.63. The first-order chi connectivity index (χ1) is 18.1. The number of carbonyl (C=O) groups excluding carboxylic acids is 1. The van der Waals surface area contributed by atoms with Crippen LogP contribution in [0.5, 0.6) is 0 Å². The van der Waals surface area contributed by atoms with Gasteiger partial charge in [0.05, 0.1) is 17.4 Å². The number of hydrogen-bond acceptors (Lipinski definition) is 7. The molecule has 8 heteroatoms. The van der Waals surface area contributed by atoms with Gasteiger partial charge in [0.15, 0.2) is 17.7 Å². The lowest BCUT2D eigenvalue weighted by Crippen LogP contribution is -2.39. The maximum atomic E-state index is 15.2. The number of esters is 1. The third-order valence-corrected chi connectivity index (χ3v) is 6.85. The van der Waals surface area contributed by atoms with Crippen molar-refractivity contribution in [2.75, 3.05) is 29.9 Å². The van der Waals surface area contributed by atoms with Crippen LogP contribution >= 0.6 is 0 Å². The molecule has 2 aromatic rings. The van der Waals surface area contributed by atoms with Crippen LogP contribution in [-0.2, 0) is 14.3 Å². The second-order valence-corrected chi connectivity index (χ2v) is 13.1. The summed E-state index contributed by atoms with van der Waals surface area (Å²) in [5.74, 6) is -0.306. The summed E-state index contributed by atoms with van der Waals surface area (Å²) < 4.78 is 27.3. The van der Waals surface area contributed by atoms with Gasteiger partial charge in [0.25, 0.3) is 0 Å². The monoisotopic (exact) mass is 542 g/mol. The first kappa shape index (κ1) is 30.8. The van der Waals surface area contributed by atoms with Crippen LogP contribution in [0.3, 0.4) is 0 Å². The van der Waals surface area contributed by atoms with Crippen LogP contribution < -0.4 is 10.2 Å². The molecule has 0 radical (unpaired) electrons. The lowest BCUT2D eigenvalue weighted by molar-refractivity contribution is -0.171. The summed E-state index contributed by atoms with van der Waals surface area (Å²) in [5, 5.41) is 3.08. The molecule has 2 aromatic heterocycles. The summed E-state index contributed by atoms with van der Waals surface area (Å²) in [6, 6.07) is 1.50. The van der Waals surface area contributed by atoms with Crippen LogP contribution in [0.25, 0.3) is 11.1 Å². The normalized spacial score (nSPS) is 16.5. The van der Waals surface area contributed by atoms with E-state index in [-0.39, 0.29) is 17.3 Å². The minimum absolute atomic E-state index is 0.216. The van der Waals surface area contributed by atoms with Crippen molar-refractivity contribution in [3.05, 3.63) is 35.5 Å². The molecule has 0 spiro atoms. The molecule has 0 aromatic carbocycles. The van der Waals surface area contributed by atoms with Gasteiger partial charge < -0.3 is 19.7 Å². The van der Waals surface area contributed by atoms with Crippen molar-refractivity contribution in [2.24, 2.45) is 11.3 Å². The third kappa shape index (κ3) is 8.13. The van der Waals surface area contributed by atoms with E-state index in [2.05, 4.69) is 47.9 Å². The van der Waals surface area contributed by atoms with E-state index < -0.39 is 23.5 Å². The number of aromatic nitrogens is 2. The molecule has 0 saturated carbocycles.